The van der Waals surface area contributed by atoms with Crippen LogP contribution in [0.25, 0.3) is 0 Å². The van der Waals surface area contributed by atoms with Crippen molar-refractivity contribution in [1.82, 2.24) is 0 Å². The number of phenols is 3. The summed E-state index contributed by atoms with van der Waals surface area (Å²) in [5.74, 6) is -6.18. The Hall–Kier alpha value is -6.19. The molecule has 5 N–H and O–H groups in total. The molecule has 0 spiro atoms. The molecule has 0 amide bonds. The summed E-state index contributed by atoms with van der Waals surface area (Å²) in [6.07, 6.45) is -6.97. The van der Waals surface area contributed by atoms with E-state index >= 15 is 0 Å². The van der Waals surface area contributed by atoms with Crippen LogP contribution in [0.1, 0.15) is 59.4 Å². The van der Waals surface area contributed by atoms with E-state index in [0.717, 1.165) is 12.1 Å². The molecular weight excluding hydrogens is 652 g/mol. The number of Topliss-reactive ketones (excluding diaryl/α,β-unsaturated/α-hetero) is 1. The van der Waals surface area contributed by atoms with Crippen LogP contribution in [0.4, 0.5) is 0 Å². The minimum absolute atomic E-state index is 0.0968. The molecule has 5 rings (SSSR count). The van der Waals surface area contributed by atoms with Crippen molar-refractivity contribution in [3.8, 4) is 40.2 Å². The number of hydrogen-bond donors (Lipinski definition) is 5. The number of carbonyl (C=O) groups is 5. The Balaban J connectivity index is 1.49. The topological polar surface area (TPSA) is 242 Å². The second-order valence-corrected chi connectivity index (χ2v) is 11.0. The van der Waals surface area contributed by atoms with Crippen molar-refractivity contribution in [1.29, 1.82) is 0 Å². The Morgan fingerprint density at radius 3 is 2.06 bits per heavy atom. The van der Waals surface area contributed by atoms with Crippen molar-refractivity contribution in [3.05, 3.63) is 65.2 Å². The maximum Gasteiger partial charge on any atom is 0.307 e. The molecule has 4 atom stereocenters. The molecule has 49 heavy (non-hydrogen) atoms. The van der Waals surface area contributed by atoms with Gasteiger partial charge in [0.25, 0.3) is 0 Å². The van der Waals surface area contributed by atoms with Gasteiger partial charge in [-0.1, -0.05) is 12.1 Å². The van der Waals surface area contributed by atoms with Crippen molar-refractivity contribution in [2.75, 3.05) is 13.7 Å². The lowest BCUT2D eigenvalue weighted by molar-refractivity contribution is -0.154. The number of rotatable bonds is 12. The van der Waals surface area contributed by atoms with E-state index < -0.39 is 84.8 Å². The van der Waals surface area contributed by atoms with E-state index in [4.69, 9.17) is 38.6 Å². The molecular formula is C33H30O16. The first-order chi connectivity index (χ1) is 23.3. The lowest BCUT2D eigenvalue weighted by Gasteiger charge is -2.36. The number of ketones is 1. The molecule has 2 aliphatic rings. The van der Waals surface area contributed by atoms with Crippen molar-refractivity contribution in [2.45, 2.75) is 50.1 Å². The molecule has 258 valence electrons. The maximum absolute atomic E-state index is 13.6. The lowest BCUT2D eigenvalue weighted by atomic mass is 9.92. The number of benzene rings is 3. The van der Waals surface area contributed by atoms with Gasteiger partial charge < -0.3 is 54.0 Å². The van der Waals surface area contributed by atoms with E-state index in [2.05, 4.69) is 0 Å². The summed E-state index contributed by atoms with van der Waals surface area (Å²) >= 11 is 0. The lowest BCUT2D eigenvalue weighted by Crippen LogP contribution is -2.40. The van der Waals surface area contributed by atoms with Crippen LogP contribution in [-0.4, -0.2) is 81.1 Å². The van der Waals surface area contributed by atoms with Gasteiger partial charge >= 0.3 is 23.9 Å². The van der Waals surface area contributed by atoms with Crippen LogP contribution in [0.15, 0.2) is 48.5 Å². The number of carboxylic acid groups (broad SMARTS) is 2. The minimum atomic E-state index is -1.69. The maximum atomic E-state index is 13.6. The number of esters is 2. The zero-order valence-electron chi connectivity index (χ0n) is 25.7. The van der Waals surface area contributed by atoms with Gasteiger partial charge in [0.15, 0.2) is 41.3 Å². The second kappa shape index (κ2) is 14.3. The normalized spacial score (nSPS) is 19.2. The van der Waals surface area contributed by atoms with Crippen LogP contribution < -0.4 is 18.9 Å². The van der Waals surface area contributed by atoms with E-state index in [-0.39, 0.29) is 52.9 Å². The predicted octanol–water partition coefficient (Wildman–Crippen LogP) is 3.19. The molecule has 3 aromatic rings. The van der Waals surface area contributed by atoms with Crippen molar-refractivity contribution >= 4 is 29.7 Å². The molecule has 0 aromatic heterocycles. The molecule has 0 fully saturated rings. The first-order valence-electron chi connectivity index (χ1n) is 14.7. The van der Waals surface area contributed by atoms with Gasteiger partial charge in [0, 0.05) is 23.3 Å². The molecule has 16 nitrogen and oxygen atoms in total. The van der Waals surface area contributed by atoms with Crippen molar-refractivity contribution in [3.63, 3.8) is 0 Å². The number of phenolic OH excluding ortho intramolecular Hbond substituents is 3. The molecule has 0 radical (unpaired) electrons. The summed E-state index contributed by atoms with van der Waals surface area (Å²) < 4.78 is 34.3. The van der Waals surface area contributed by atoms with Crippen LogP contribution in [-0.2, 0) is 28.7 Å². The molecule has 16 heteroatoms. The van der Waals surface area contributed by atoms with Crippen LogP contribution in [0.3, 0.4) is 0 Å². The summed E-state index contributed by atoms with van der Waals surface area (Å²) in [5.41, 5.74) is 0.275. The van der Waals surface area contributed by atoms with Crippen LogP contribution in [0, 0.1) is 0 Å². The van der Waals surface area contributed by atoms with Crippen LogP contribution >= 0.6 is 0 Å². The third-order valence-corrected chi connectivity index (χ3v) is 7.55. The SMILES string of the molecule is COc1cc([C@@H]2Oc3cc([C@@H]4Oc5cc(O)cc(O)c5C(=O)[C@H]4OC(=O)CCC(=O)O)ccc3O[C@@H]2COC(=O)CCC(=O)O)ccc1O. The number of carboxylic acids is 2. The summed E-state index contributed by atoms with van der Waals surface area (Å²) in [7, 11) is 1.34. The first kappa shape index (κ1) is 34.2. The molecule has 0 saturated heterocycles. The third kappa shape index (κ3) is 7.69. The zero-order valence-corrected chi connectivity index (χ0v) is 25.7. The van der Waals surface area contributed by atoms with Gasteiger partial charge in [0.1, 0.15) is 29.4 Å². The van der Waals surface area contributed by atoms with E-state index in [1.54, 1.807) is 0 Å². The standard InChI is InChI=1S/C33H30O16/c1-44-21-10-15(2-4-18(21)35)31-24(14-45-27(41)8-6-25(37)38)46-20-5-3-16(11-22(20)47-31)32-33(49-28(42)9-7-26(39)40)30(43)29-19(36)12-17(34)13-23(29)48-32/h2-5,10-13,24,31-36H,6-9,14H2,1H3,(H,37,38)(H,39,40)/t24-,31+,32+,33-/m1/s1. The monoisotopic (exact) mass is 682 g/mol. The summed E-state index contributed by atoms with van der Waals surface area (Å²) in [6, 6.07) is 10.7. The number of fused-ring (bicyclic) bond motifs is 2. The van der Waals surface area contributed by atoms with Gasteiger partial charge in [-0.15, -0.1) is 0 Å². The fourth-order valence-electron chi connectivity index (χ4n) is 5.23. The Morgan fingerprint density at radius 1 is 0.714 bits per heavy atom. The fourth-order valence-corrected chi connectivity index (χ4v) is 5.23. The molecule has 3 aromatic carbocycles. The van der Waals surface area contributed by atoms with Gasteiger partial charge in [-0.25, -0.2) is 0 Å². The van der Waals surface area contributed by atoms with E-state index in [9.17, 15) is 39.3 Å². The second-order valence-electron chi connectivity index (χ2n) is 11.0. The Bertz CT molecular complexity index is 1800. The molecule has 2 aliphatic heterocycles. The molecule has 0 unspecified atom stereocenters. The van der Waals surface area contributed by atoms with Gasteiger partial charge in [0.2, 0.25) is 11.9 Å². The van der Waals surface area contributed by atoms with Crippen molar-refractivity contribution < 1.29 is 77.9 Å². The molecule has 0 aliphatic carbocycles. The number of hydrogen-bond acceptors (Lipinski definition) is 14. The van der Waals surface area contributed by atoms with E-state index in [1.807, 2.05) is 0 Å². The number of aliphatic carboxylic acids is 2. The van der Waals surface area contributed by atoms with Crippen LogP contribution in [0.2, 0.25) is 0 Å². The Morgan fingerprint density at radius 2 is 1.37 bits per heavy atom. The van der Waals surface area contributed by atoms with Gasteiger partial charge in [-0.05, 0) is 24.3 Å². The summed E-state index contributed by atoms with van der Waals surface area (Å²) in [6.45, 7) is -0.355. The minimum Gasteiger partial charge on any atom is -0.508 e. The first-order valence-corrected chi connectivity index (χ1v) is 14.7. The molecule has 0 saturated carbocycles. The van der Waals surface area contributed by atoms with E-state index in [0.29, 0.717) is 5.56 Å². The van der Waals surface area contributed by atoms with Crippen LogP contribution in [0.5, 0.6) is 40.2 Å². The Labute approximate surface area is 276 Å². The fraction of sp³-hybridized carbons (Fsp3) is 0.303. The van der Waals surface area contributed by atoms with Gasteiger partial charge in [-0.2, -0.15) is 0 Å². The number of methoxy groups -OCH3 is 1. The zero-order chi connectivity index (χ0) is 35.4. The smallest absolute Gasteiger partial charge is 0.307 e. The largest absolute Gasteiger partial charge is 0.508 e. The quantitative estimate of drug-likeness (QED) is 0.172. The van der Waals surface area contributed by atoms with Gasteiger partial charge in [-0.3, -0.25) is 24.0 Å². The van der Waals surface area contributed by atoms with Gasteiger partial charge in [0.05, 0.1) is 32.8 Å². The molecule has 2 heterocycles. The average Bonchev–Trinajstić information content (AvgIpc) is 3.05. The highest BCUT2D eigenvalue weighted by molar-refractivity contribution is 6.06. The summed E-state index contributed by atoms with van der Waals surface area (Å²) in [5, 5.41) is 48.4. The number of ether oxygens (including phenoxy) is 6. The Kier molecular flexibility index (Phi) is 9.96. The average molecular weight is 683 g/mol. The highest BCUT2D eigenvalue weighted by Crippen LogP contribution is 2.46. The number of carbonyl (C=O) groups excluding carboxylic acids is 3. The predicted molar refractivity (Wildman–Crippen MR) is 161 cm³/mol. The summed E-state index contributed by atoms with van der Waals surface area (Å²) in [4.78, 5) is 60.3. The van der Waals surface area contributed by atoms with Crippen molar-refractivity contribution in [2.24, 2.45) is 0 Å². The highest BCUT2D eigenvalue weighted by Gasteiger charge is 2.44. The third-order valence-electron chi connectivity index (χ3n) is 7.55. The molecule has 0 bridgehead atoms. The van der Waals surface area contributed by atoms with E-state index in [1.165, 1.54) is 43.5 Å². The number of aromatic hydroxyl groups is 3. The highest BCUT2D eigenvalue weighted by atomic mass is 16.6.